The van der Waals surface area contributed by atoms with E-state index in [0.29, 0.717) is 29.8 Å². The summed E-state index contributed by atoms with van der Waals surface area (Å²) >= 11 is 0. The summed E-state index contributed by atoms with van der Waals surface area (Å²) in [7, 11) is 3.21. The van der Waals surface area contributed by atoms with Gasteiger partial charge in [0, 0.05) is 24.9 Å². The van der Waals surface area contributed by atoms with Crippen LogP contribution in [0.4, 0.5) is 0 Å². The lowest BCUT2D eigenvalue weighted by Crippen LogP contribution is -2.34. The van der Waals surface area contributed by atoms with Crippen molar-refractivity contribution >= 4 is 5.91 Å². The Morgan fingerprint density at radius 3 is 2.62 bits per heavy atom. The molecule has 3 atom stereocenters. The first kappa shape index (κ1) is 16.9. The van der Waals surface area contributed by atoms with Gasteiger partial charge >= 0.3 is 0 Å². The molecule has 136 valence electrons. The smallest absolute Gasteiger partial charge is 0.224 e. The maximum absolute atomic E-state index is 12.7. The van der Waals surface area contributed by atoms with Crippen LogP contribution in [0.1, 0.15) is 28.7 Å². The molecule has 2 aromatic carbocycles. The molecule has 2 aliphatic rings. The average molecular weight is 352 g/mol. The molecule has 1 heterocycles. The number of fused-ring (bicyclic) bond motifs is 3. The van der Waals surface area contributed by atoms with Crippen LogP contribution < -0.4 is 20.1 Å². The summed E-state index contributed by atoms with van der Waals surface area (Å²) in [5.74, 6) is 2.27. The van der Waals surface area contributed by atoms with E-state index in [1.807, 2.05) is 18.2 Å². The van der Waals surface area contributed by atoms with E-state index in [1.165, 1.54) is 11.1 Å². The van der Waals surface area contributed by atoms with Gasteiger partial charge < -0.3 is 20.1 Å². The monoisotopic (exact) mass is 352 g/mol. The highest BCUT2D eigenvalue weighted by Crippen LogP contribution is 2.46. The van der Waals surface area contributed by atoms with E-state index in [4.69, 9.17) is 9.47 Å². The molecule has 1 aliphatic heterocycles. The zero-order valence-corrected chi connectivity index (χ0v) is 15.1. The van der Waals surface area contributed by atoms with Gasteiger partial charge in [0.1, 0.15) is 0 Å². The van der Waals surface area contributed by atoms with Gasteiger partial charge in [-0.2, -0.15) is 0 Å². The van der Waals surface area contributed by atoms with Crippen molar-refractivity contribution in [3.63, 3.8) is 0 Å². The Balaban J connectivity index is 1.50. The third-order valence-corrected chi connectivity index (χ3v) is 5.55. The van der Waals surface area contributed by atoms with Crippen LogP contribution in [-0.2, 0) is 11.2 Å². The largest absolute Gasteiger partial charge is 0.493 e. The second kappa shape index (κ2) is 7.00. The van der Waals surface area contributed by atoms with Gasteiger partial charge in [-0.25, -0.2) is 0 Å². The summed E-state index contributed by atoms with van der Waals surface area (Å²) in [6.45, 7) is 1.93. The maximum Gasteiger partial charge on any atom is 0.224 e. The number of benzene rings is 2. The van der Waals surface area contributed by atoms with Crippen molar-refractivity contribution in [3.05, 3.63) is 59.2 Å². The normalized spacial score (nSPS) is 23.2. The predicted octanol–water partition coefficient (Wildman–Crippen LogP) is 2.42. The Bertz CT molecular complexity index is 821. The number of ether oxygens (including phenoxy) is 2. The maximum atomic E-state index is 12.7. The van der Waals surface area contributed by atoms with Gasteiger partial charge in [0.05, 0.1) is 26.7 Å². The number of nitrogens with one attached hydrogen (secondary N) is 2. The molecule has 1 saturated heterocycles. The van der Waals surface area contributed by atoms with Gasteiger partial charge in [-0.15, -0.1) is 0 Å². The fourth-order valence-electron chi connectivity index (χ4n) is 4.34. The molecular weight excluding hydrogens is 328 g/mol. The van der Waals surface area contributed by atoms with Crippen molar-refractivity contribution in [2.24, 2.45) is 5.92 Å². The van der Waals surface area contributed by atoms with Crippen LogP contribution in [0.2, 0.25) is 0 Å². The lowest BCUT2D eigenvalue weighted by molar-refractivity contribution is -0.121. The lowest BCUT2D eigenvalue weighted by Gasteiger charge is -2.21. The molecule has 0 radical (unpaired) electrons. The third kappa shape index (κ3) is 2.92. The van der Waals surface area contributed by atoms with Crippen LogP contribution in [0.25, 0.3) is 0 Å². The molecule has 2 aromatic rings. The van der Waals surface area contributed by atoms with Gasteiger partial charge in [-0.1, -0.05) is 30.3 Å². The molecule has 1 fully saturated rings. The van der Waals surface area contributed by atoms with Crippen molar-refractivity contribution in [1.82, 2.24) is 10.6 Å². The van der Waals surface area contributed by atoms with Crippen LogP contribution in [-0.4, -0.2) is 33.2 Å². The highest BCUT2D eigenvalue weighted by atomic mass is 16.5. The second-order valence-electron chi connectivity index (χ2n) is 6.97. The minimum absolute atomic E-state index is 0.0320. The predicted molar refractivity (Wildman–Crippen MR) is 99.7 cm³/mol. The number of hydrogen-bond donors (Lipinski definition) is 2. The summed E-state index contributed by atoms with van der Waals surface area (Å²) < 4.78 is 10.6. The number of amides is 1. The fourth-order valence-corrected chi connectivity index (χ4v) is 4.34. The van der Waals surface area contributed by atoms with Crippen LogP contribution >= 0.6 is 0 Å². The Kier molecular flexibility index (Phi) is 4.55. The number of methoxy groups -OCH3 is 2. The third-order valence-electron chi connectivity index (χ3n) is 5.55. The Hall–Kier alpha value is -2.53. The zero-order chi connectivity index (χ0) is 18.1. The summed E-state index contributed by atoms with van der Waals surface area (Å²) in [6, 6.07) is 14.2. The lowest BCUT2D eigenvalue weighted by atomic mass is 9.94. The molecule has 1 amide bonds. The highest BCUT2D eigenvalue weighted by molar-refractivity contribution is 5.79. The van der Waals surface area contributed by atoms with Crippen molar-refractivity contribution in [2.75, 3.05) is 27.3 Å². The Labute approximate surface area is 153 Å². The van der Waals surface area contributed by atoms with Gasteiger partial charge in [0.15, 0.2) is 11.5 Å². The first-order chi connectivity index (χ1) is 12.7. The first-order valence-corrected chi connectivity index (χ1v) is 9.01. The van der Waals surface area contributed by atoms with E-state index >= 15 is 0 Å². The van der Waals surface area contributed by atoms with Crippen molar-refractivity contribution < 1.29 is 14.3 Å². The van der Waals surface area contributed by atoms with Gasteiger partial charge in [0.2, 0.25) is 5.91 Å². The van der Waals surface area contributed by atoms with E-state index in [9.17, 15) is 4.79 Å². The fraction of sp³-hybridized carbons (Fsp3) is 0.381. The first-order valence-electron chi connectivity index (χ1n) is 9.01. The molecule has 1 aliphatic carbocycles. The van der Waals surface area contributed by atoms with Crippen LogP contribution in [0.5, 0.6) is 11.5 Å². The zero-order valence-electron chi connectivity index (χ0n) is 15.1. The molecule has 0 bridgehead atoms. The molecule has 0 spiro atoms. The Morgan fingerprint density at radius 2 is 1.85 bits per heavy atom. The summed E-state index contributed by atoms with van der Waals surface area (Å²) in [4.78, 5) is 12.7. The summed E-state index contributed by atoms with van der Waals surface area (Å²) in [5.41, 5.74) is 3.55. The average Bonchev–Trinajstić information content (AvgIpc) is 3.24. The van der Waals surface area contributed by atoms with Crippen molar-refractivity contribution in [2.45, 2.75) is 18.4 Å². The Morgan fingerprint density at radius 1 is 1.08 bits per heavy atom. The number of rotatable bonds is 5. The summed E-state index contributed by atoms with van der Waals surface area (Å²) in [5, 5.41) is 6.73. The molecular formula is C21H24N2O3. The number of hydrogen-bond acceptors (Lipinski definition) is 4. The van der Waals surface area contributed by atoms with E-state index in [2.05, 4.69) is 34.9 Å². The standard InChI is InChI=1S/C21H24N2O3/c1-25-18-8-7-13(9-19(18)26-2)10-20(24)23-21-15-6-4-3-5-14(15)16-11-22-12-17(16)21/h3-9,16-17,21-22H,10-12H2,1-2H3,(H,23,24)/t16-,17-,21-/m0/s1. The molecule has 0 unspecified atom stereocenters. The minimum atomic E-state index is 0.0320. The van der Waals surface area contributed by atoms with E-state index < -0.39 is 0 Å². The summed E-state index contributed by atoms with van der Waals surface area (Å²) in [6.07, 6.45) is 0.323. The molecule has 0 aromatic heterocycles. The molecule has 4 rings (SSSR count). The quantitative estimate of drug-likeness (QED) is 0.868. The van der Waals surface area contributed by atoms with Crippen molar-refractivity contribution in [3.8, 4) is 11.5 Å². The van der Waals surface area contributed by atoms with E-state index in [1.54, 1.807) is 14.2 Å². The topological polar surface area (TPSA) is 59.6 Å². The SMILES string of the molecule is COc1ccc(CC(=O)N[C@H]2c3ccccc3[C@@H]3CNC[C@@H]32)cc1OC. The molecule has 2 N–H and O–H groups in total. The molecule has 5 heteroatoms. The number of carbonyl (C=O) groups is 1. The molecule has 5 nitrogen and oxygen atoms in total. The van der Waals surface area contributed by atoms with Gasteiger partial charge in [-0.3, -0.25) is 4.79 Å². The minimum Gasteiger partial charge on any atom is -0.493 e. The molecule has 0 saturated carbocycles. The van der Waals surface area contributed by atoms with Crippen LogP contribution in [0.3, 0.4) is 0 Å². The van der Waals surface area contributed by atoms with Crippen LogP contribution in [0, 0.1) is 5.92 Å². The van der Waals surface area contributed by atoms with E-state index in [-0.39, 0.29) is 11.9 Å². The van der Waals surface area contributed by atoms with Gasteiger partial charge in [0.25, 0.3) is 0 Å². The second-order valence-corrected chi connectivity index (χ2v) is 6.97. The highest BCUT2D eigenvalue weighted by Gasteiger charge is 2.43. The number of carbonyl (C=O) groups excluding carboxylic acids is 1. The molecule has 26 heavy (non-hydrogen) atoms. The van der Waals surface area contributed by atoms with Gasteiger partial charge in [-0.05, 0) is 28.8 Å². The van der Waals surface area contributed by atoms with E-state index in [0.717, 1.165) is 18.7 Å². The van der Waals surface area contributed by atoms with Crippen LogP contribution in [0.15, 0.2) is 42.5 Å². The van der Waals surface area contributed by atoms with Crippen molar-refractivity contribution in [1.29, 1.82) is 0 Å².